The molecule has 0 aromatic carbocycles. The quantitative estimate of drug-likeness (QED) is 0.673. The van der Waals surface area contributed by atoms with Crippen LogP contribution in [0.4, 0.5) is 0 Å². The van der Waals surface area contributed by atoms with Gasteiger partial charge in [0.2, 0.25) is 5.91 Å². The van der Waals surface area contributed by atoms with Crippen LogP contribution < -0.4 is 5.73 Å². The molecule has 0 aliphatic carbocycles. The fraction of sp³-hybridized carbons (Fsp3) is 0.833. The molecular formula is C12H24N2O2S. The Morgan fingerprint density at radius 3 is 2.41 bits per heavy atom. The standard InChI is InChI=1S/C12H24N2O2S/c1-5-6-10(11(13)17)12(15)14(9(2)3)7-8-16-4/h9-10H,5-8H2,1-4H3,(H2,13,17). The van der Waals surface area contributed by atoms with Gasteiger partial charge in [-0.3, -0.25) is 4.79 Å². The minimum atomic E-state index is -0.339. The van der Waals surface area contributed by atoms with Crippen LogP contribution in [0.25, 0.3) is 0 Å². The average molecular weight is 260 g/mol. The Labute approximate surface area is 109 Å². The van der Waals surface area contributed by atoms with Gasteiger partial charge in [-0.15, -0.1) is 0 Å². The van der Waals surface area contributed by atoms with Gasteiger partial charge >= 0.3 is 0 Å². The Bertz CT molecular complexity index is 257. The number of ether oxygens (including phenoxy) is 1. The molecule has 100 valence electrons. The Hall–Kier alpha value is -0.680. The molecule has 1 unspecified atom stereocenters. The molecule has 0 saturated heterocycles. The summed E-state index contributed by atoms with van der Waals surface area (Å²) in [7, 11) is 1.63. The molecule has 0 bridgehead atoms. The summed E-state index contributed by atoms with van der Waals surface area (Å²) < 4.78 is 5.01. The van der Waals surface area contributed by atoms with Gasteiger partial charge in [-0.05, 0) is 20.3 Å². The lowest BCUT2D eigenvalue weighted by Crippen LogP contribution is -2.46. The molecule has 2 N–H and O–H groups in total. The minimum absolute atomic E-state index is 0.0198. The molecule has 0 aromatic heterocycles. The Balaban J connectivity index is 4.71. The summed E-state index contributed by atoms with van der Waals surface area (Å²) in [6, 6.07) is 0.131. The smallest absolute Gasteiger partial charge is 0.232 e. The Morgan fingerprint density at radius 2 is 2.06 bits per heavy atom. The zero-order valence-corrected chi connectivity index (χ0v) is 12.0. The molecule has 1 atom stereocenters. The highest BCUT2D eigenvalue weighted by molar-refractivity contribution is 7.80. The van der Waals surface area contributed by atoms with Gasteiger partial charge in [-0.1, -0.05) is 25.6 Å². The van der Waals surface area contributed by atoms with Crippen molar-refractivity contribution in [3.63, 3.8) is 0 Å². The summed E-state index contributed by atoms with van der Waals surface area (Å²) in [5.41, 5.74) is 5.64. The molecule has 5 heteroatoms. The van der Waals surface area contributed by atoms with E-state index in [0.717, 1.165) is 6.42 Å². The number of nitrogens with zero attached hydrogens (tertiary/aromatic N) is 1. The molecule has 0 fully saturated rings. The van der Waals surface area contributed by atoms with Gasteiger partial charge in [0.15, 0.2) is 0 Å². The number of carbonyl (C=O) groups is 1. The molecule has 0 heterocycles. The Kier molecular flexibility index (Phi) is 8.08. The third-order valence-corrected chi connectivity index (χ3v) is 2.95. The number of methoxy groups -OCH3 is 1. The maximum atomic E-state index is 12.3. The SMILES string of the molecule is CCCC(C(=O)N(CCOC)C(C)C)C(N)=S. The van der Waals surface area contributed by atoms with Crippen LogP contribution in [-0.2, 0) is 9.53 Å². The summed E-state index contributed by atoms with van der Waals surface area (Å²) in [5, 5.41) is 0. The van der Waals surface area contributed by atoms with Gasteiger partial charge in [0.1, 0.15) is 0 Å². The van der Waals surface area contributed by atoms with E-state index in [2.05, 4.69) is 0 Å². The second-order valence-electron chi connectivity index (χ2n) is 4.36. The molecule has 0 rings (SSSR count). The largest absolute Gasteiger partial charge is 0.393 e. The highest BCUT2D eigenvalue weighted by Gasteiger charge is 2.27. The number of hydrogen-bond acceptors (Lipinski definition) is 3. The molecule has 0 aliphatic rings. The second-order valence-corrected chi connectivity index (χ2v) is 4.83. The van der Waals surface area contributed by atoms with Gasteiger partial charge < -0.3 is 15.4 Å². The lowest BCUT2D eigenvalue weighted by atomic mass is 10.0. The molecule has 17 heavy (non-hydrogen) atoms. The molecule has 0 aliphatic heterocycles. The van der Waals surface area contributed by atoms with Crippen LogP contribution in [0.1, 0.15) is 33.6 Å². The number of thiocarbonyl (C=S) groups is 1. The molecule has 0 saturated carbocycles. The number of amides is 1. The average Bonchev–Trinajstić information content (AvgIpc) is 2.25. The van der Waals surface area contributed by atoms with Crippen molar-refractivity contribution in [3.05, 3.63) is 0 Å². The highest BCUT2D eigenvalue weighted by Crippen LogP contribution is 2.13. The number of hydrogen-bond donors (Lipinski definition) is 1. The molecule has 1 amide bonds. The van der Waals surface area contributed by atoms with Gasteiger partial charge in [0.25, 0.3) is 0 Å². The number of carbonyl (C=O) groups excluding carboxylic acids is 1. The summed E-state index contributed by atoms with van der Waals surface area (Å²) in [6.07, 6.45) is 1.61. The topological polar surface area (TPSA) is 55.6 Å². The van der Waals surface area contributed by atoms with Crippen LogP contribution in [0, 0.1) is 5.92 Å². The third kappa shape index (κ3) is 5.46. The van der Waals surface area contributed by atoms with Crippen molar-refractivity contribution in [1.29, 1.82) is 0 Å². The van der Waals surface area contributed by atoms with Crippen molar-refractivity contribution in [3.8, 4) is 0 Å². The van der Waals surface area contributed by atoms with Crippen LogP contribution in [0.15, 0.2) is 0 Å². The van der Waals surface area contributed by atoms with E-state index in [4.69, 9.17) is 22.7 Å². The van der Waals surface area contributed by atoms with Gasteiger partial charge in [-0.2, -0.15) is 0 Å². The van der Waals surface area contributed by atoms with E-state index >= 15 is 0 Å². The zero-order chi connectivity index (χ0) is 13.4. The molecule has 0 aromatic rings. The zero-order valence-electron chi connectivity index (χ0n) is 11.2. The lowest BCUT2D eigenvalue weighted by molar-refractivity contribution is -0.135. The van der Waals surface area contributed by atoms with Crippen LogP contribution >= 0.6 is 12.2 Å². The minimum Gasteiger partial charge on any atom is -0.393 e. The number of rotatable bonds is 8. The first-order chi connectivity index (χ1) is 7.95. The van der Waals surface area contributed by atoms with Crippen molar-refractivity contribution in [2.24, 2.45) is 11.7 Å². The van der Waals surface area contributed by atoms with Crippen molar-refractivity contribution >= 4 is 23.1 Å². The van der Waals surface area contributed by atoms with Gasteiger partial charge in [0.05, 0.1) is 17.5 Å². The monoisotopic (exact) mass is 260 g/mol. The third-order valence-electron chi connectivity index (χ3n) is 2.66. The molecular weight excluding hydrogens is 236 g/mol. The van der Waals surface area contributed by atoms with E-state index in [1.165, 1.54) is 0 Å². The van der Waals surface area contributed by atoms with Crippen LogP contribution in [0.3, 0.4) is 0 Å². The molecule has 0 radical (unpaired) electrons. The van der Waals surface area contributed by atoms with E-state index < -0.39 is 0 Å². The first kappa shape index (κ1) is 16.3. The van der Waals surface area contributed by atoms with Crippen LogP contribution in [-0.4, -0.2) is 42.1 Å². The maximum absolute atomic E-state index is 12.3. The van der Waals surface area contributed by atoms with Crippen molar-refractivity contribution in [1.82, 2.24) is 4.90 Å². The van der Waals surface area contributed by atoms with Gasteiger partial charge in [0, 0.05) is 19.7 Å². The van der Waals surface area contributed by atoms with E-state index in [0.29, 0.717) is 24.6 Å². The van der Waals surface area contributed by atoms with Crippen molar-refractivity contribution in [2.75, 3.05) is 20.3 Å². The van der Waals surface area contributed by atoms with E-state index in [9.17, 15) is 4.79 Å². The van der Waals surface area contributed by atoms with E-state index in [-0.39, 0.29) is 17.9 Å². The van der Waals surface area contributed by atoms with Crippen molar-refractivity contribution in [2.45, 2.75) is 39.7 Å². The van der Waals surface area contributed by atoms with Crippen LogP contribution in [0.5, 0.6) is 0 Å². The second kappa shape index (κ2) is 8.42. The first-order valence-corrected chi connectivity index (χ1v) is 6.45. The summed E-state index contributed by atoms with van der Waals surface area (Å²) in [6.45, 7) is 7.09. The predicted octanol–water partition coefficient (Wildman–Crippen LogP) is 1.57. The molecule has 0 spiro atoms. The van der Waals surface area contributed by atoms with E-state index in [1.54, 1.807) is 12.0 Å². The van der Waals surface area contributed by atoms with Crippen molar-refractivity contribution < 1.29 is 9.53 Å². The first-order valence-electron chi connectivity index (χ1n) is 6.04. The highest BCUT2D eigenvalue weighted by atomic mass is 32.1. The van der Waals surface area contributed by atoms with Crippen LogP contribution in [0.2, 0.25) is 0 Å². The fourth-order valence-corrected chi connectivity index (χ4v) is 1.91. The molecule has 4 nitrogen and oxygen atoms in total. The fourth-order valence-electron chi connectivity index (χ4n) is 1.69. The van der Waals surface area contributed by atoms with Gasteiger partial charge in [-0.25, -0.2) is 0 Å². The lowest BCUT2D eigenvalue weighted by Gasteiger charge is -2.30. The Morgan fingerprint density at radius 1 is 1.47 bits per heavy atom. The maximum Gasteiger partial charge on any atom is 0.232 e. The normalized spacial score (nSPS) is 12.5. The summed E-state index contributed by atoms with van der Waals surface area (Å²) >= 11 is 4.98. The summed E-state index contributed by atoms with van der Waals surface area (Å²) in [4.78, 5) is 14.4. The predicted molar refractivity (Wildman–Crippen MR) is 73.9 cm³/mol. The summed E-state index contributed by atoms with van der Waals surface area (Å²) in [5.74, 6) is -0.319. The van der Waals surface area contributed by atoms with E-state index in [1.807, 2.05) is 20.8 Å². The number of nitrogens with two attached hydrogens (primary N) is 1.